The highest BCUT2D eigenvalue weighted by atomic mass is 35.5. The smallest absolute Gasteiger partial charge is 0.104 e. The standard InChI is InChI=1S/C6H3Cl2N/c7-4-1-2-6(9)5(8)3-4/h1-3H. The van der Waals surface area contributed by atoms with Gasteiger partial charge in [0.05, 0.1) is 5.02 Å². The lowest BCUT2D eigenvalue weighted by Gasteiger charge is -1.91. The van der Waals surface area contributed by atoms with Gasteiger partial charge in [-0.15, -0.1) is 5.73 Å². The summed E-state index contributed by atoms with van der Waals surface area (Å²) in [5.74, 6) is 0. The zero-order chi connectivity index (χ0) is 6.85. The number of nitrogens with zero attached hydrogens (tertiary/aromatic N) is 1. The first-order valence-electron chi connectivity index (χ1n) is 2.34. The molecule has 0 saturated carbocycles. The van der Waals surface area contributed by atoms with E-state index in [1.54, 1.807) is 6.07 Å². The third-order valence-electron chi connectivity index (χ3n) is 0.910. The molecule has 0 heterocycles. The molecule has 3 heteroatoms. The van der Waals surface area contributed by atoms with Crippen LogP contribution in [0.2, 0.25) is 10.0 Å². The monoisotopic (exact) mass is 159 g/mol. The second-order valence-electron chi connectivity index (χ2n) is 1.60. The van der Waals surface area contributed by atoms with Crippen molar-refractivity contribution in [1.29, 1.82) is 0 Å². The molecule has 0 aliphatic heterocycles. The normalized spacial score (nSPS) is 9.56. The predicted octanol–water partition coefficient (Wildman–Crippen LogP) is 2.69. The SMILES string of the molecule is [N]c1ccc(Cl)cc1Cl. The van der Waals surface area contributed by atoms with Crippen LogP contribution in [-0.2, 0) is 0 Å². The van der Waals surface area contributed by atoms with Gasteiger partial charge in [0.1, 0.15) is 5.69 Å². The van der Waals surface area contributed by atoms with E-state index in [0.717, 1.165) is 0 Å². The third kappa shape index (κ3) is 1.50. The van der Waals surface area contributed by atoms with Gasteiger partial charge in [-0.2, -0.15) is 0 Å². The summed E-state index contributed by atoms with van der Waals surface area (Å²) in [6, 6.07) is 4.51. The fourth-order valence-corrected chi connectivity index (χ4v) is 0.890. The maximum atomic E-state index is 8.85. The Bertz CT molecular complexity index is 222. The Labute approximate surface area is 63.4 Å². The zero-order valence-electron chi connectivity index (χ0n) is 4.44. The quantitative estimate of drug-likeness (QED) is 0.556. The lowest BCUT2D eigenvalue weighted by Crippen LogP contribution is -1.70. The Morgan fingerprint density at radius 3 is 2.33 bits per heavy atom. The minimum Gasteiger partial charge on any atom is -0.149 e. The van der Waals surface area contributed by atoms with E-state index in [2.05, 4.69) is 0 Å². The molecule has 0 aliphatic carbocycles. The van der Waals surface area contributed by atoms with Gasteiger partial charge in [-0.1, -0.05) is 23.2 Å². The summed E-state index contributed by atoms with van der Waals surface area (Å²) in [6.07, 6.45) is 0. The minimum atomic E-state index is 0.0565. The highest BCUT2D eigenvalue weighted by Gasteiger charge is 1.95. The van der Waals surface area contributed by atoms with Crippen molar-refractivity contribution in [3.63, 3.8) is 0 Å². The summed E-state index contributed by atoms with van der Waals surface area (Å²) in [7, 11) is 0. The van der Waals surface area contributed by atoms with E-state index in [9.17, 15) is 0 Å². The van der Waals surface area contributed by atoms with Crippen molar-refractivity contribution in [2.24, 2.45) is 0 Å². The maximum Gasteiger partial charge on any atom is 0.104 e. The van der Waals surface area contributed by atoms with Gasteiger partial charge in [0.15, 0.2) is 0 Å². The van der Waals surface area contributed by atoms with E-state index in [1.165, 1.54) is 12.1 Å². The van der Waals surface area contributed by atoms with Gasteiger partial charge in [0, 0.05) is 5.02 Å². The number of rotatable bonds is 0. The molecule has 0 aromatic heterocycles. The first-order chi connectivity index (χ1) is 4.20. The highest BCUT2D eigenvalue weighted by Crippen LogP contribution is 2.23. The summed E-state index contributed by atoms with van der Waals surface area (Å²) in [6.45, 7) is 0. The van der Waals surface area contributed by atoms with E-state index < -0.39 is 0 Å². The molecule has 0 amide bonds. The van der Waals surface area contributed by atoms with Gasteiger partial charge < -0.3 is 0 Å². The molecule has 0 bridgehead atoms. The van der Waals surface area contributed by atoms with Gasteiger partial charge >= 0.3 is 0 Å². The van der Waals surface area contributed by atoms with Crippen LogP contribution in [0.1, 0.15) is 0 Å². The van der Waals surface area contributed by atoms with Gasteiger partial charge in [-0.3, -0.25) is 0 Å². The summed E-state index contributed by atoms with van der Waals surface area (Å²) >= 11 is 11.0. The van der Waals surface area contributed by atoms with Crippen molar-refractivity contribution < 1.29 is 0 Å². The first kappa shape index (κ1) is 6.72. The highest BCUT2D eigenvalue weighted by molar-refractivity contribution is 6.36. The fourth-order valence-electron chi connectivity index (χ4n) is 0.481. The van der Waals surface area contributed by atoms with E-state index in [4.69, 9.17) is 28.9 Å². The predicted molar refractivity (Wildman–Crippen MR) is 38.3 cm³/mol. The van der Waals surface area contributed by atoms with Gasteiger partial charge in [-0.25, -0.2) is 0 Å². The third-order valence-corrected chi connectivity index (χ3v) is 1.45. The molecule has 0 N–H and O–H groups in total. The molecular weight excluding hydrogens is 157 g/mol. The second kappa shape index (κ2) is 2.46. The molecule has 1 aromatic carbocycles. The molecule has 1 nitrogen and oxygen atoms in total. The van der Waals surface area contributed by atoms with Gasteiger partial charge in [-0.05, 0) is 18.2 Å². The van der Waals surface area contributed by atoms with E-state index in [-0.39, 0.29) is 10.7 Å². The van der Waals surface area contributed by atoms with Crippen LogP contribution < -0.4 is 5.73 Å². The zero-order valence-corrected chi connectivity index (χ0v) is 5.95. The lowest BCUT2D eigenvalue weighted by atomic mass is 10.3. The largest absolute Gasteiger partial charge is 0.149 e. The molecule has 0 unspecified atom stereocenters. The molecule has 9 heavy (non-hydrogen) atoms. The molecule has 0 aliphatic rings. The molecule has 46 valence electrons. The molecule has 0 atom stereocenters. The Morgan fingerprint density at radius 2 is 1.89 bits per heavy atom. The molecule has 0 saturated heterocycles. The Balaban J connectivity index is 3.17. The van der Waals surface area contributed by atoms with E-state index in [0.29, 0.717) is 5.02 Å². The Kier molecular flexibility index (Phi) is 1.84. The van der Waals surface area contributed by atoms with Crippen molar-refractivity contribution in [3.05, 3.63) is 28.2 Å². The number of benzene rings is 1. The second-order valence-corrected chi connectivity index (χ2v) is 2.44. The molecule has 1 rings (SSSR count). The van der Waals surface area contributed by atoms with Crippen LogP contribution >= 0.6 is 23.2 Å². The minimum absolute atomic E-state index is 0.0565. The maximum absolute atomic E-state index is 8.85. The Morgan fingerprint density at radius 1 is 1.22 bits per heavy atom. The van der Waals surface area contributed by atoms with Gasteiger partial charge in [0.2, 0.25) is 0 Å². The van der Waals surface area contributed by atoms with E-state index >= 15 is 0 Å². The van der Waals surface area contributed by atoms with Crippen LogP contribution in [0.4, 0.5) is 5.69 Å². The van der Waals surface area contributed by atoms with Crippen LogP contribution in [0.5, 0.6) is 0 Å². The van der Waals surface area contributed by atoms with Crippen molar-refractivity contribution in [2.75, 3.05) is 0 Å². The molecular formula is C6H3Cl2N. The lowest BCUT2D eigenvalue weighted by molar-refractivity contribution is 1.48. The molecule has 0 spiro atoms. The van der Waals surface area contributed by atoms with Crippen LogP contribution in [0.25, 0.3) is 0 Å². The van der Waals surface area contributed by atoms with Crippen LogP contribution in [0.15, 0.2) is 18.2 Å². The van der Waals surface area contributed by atoms with Gasteiger partial charge in [0.25, 0.3) is 0 Å². The summed E-state index contributed by atoms with van der Waals surface area (Å²) < 4.78 is 0. The molecule has 1 aromatic rings. The van der Waals surface area contributed by atoms with Crippen molar-refractivity contribution in [1.82, 2.24) is 5.73 Å². The molecule has 0 fully saturated rings. The average Bonchev–Trinajstić information content (AvgIpc) is 1.80. The first-order valence-corrected chi connectivity index (χ1v) is 3.10. The van der Waals surface area contributed by atoms with Crippen LogP contribution in [0, 0.1) is 0 Å². The van der Waals surface area contributed by atoms with Crippen molar-refractivity contribution >= 4 is 28.9 Å². The average molecular weight is 160 g/mol. The topological polar surface area (TPSA) is 22.3 Å². The van der Waals surface area contributed by atoms with E-state index in [1.807, 2.05) is 0 Å². The molecule has 2 radical (unpaired) electrons. The summed E-state index contributed by atoms with van der Waals surface area (Å²) in [5.41, 5.74) is 8.91. The Hall–Kier alpha value is -0.400. The summed E-state index contributed by atoms with van der Waals surface area (Å²) in [4.78, 5) is 0. The van der Waals surface area contributed by atoms with Crippen LogP contribution in [0.3, 0.4) is 0 Å². The number of hydrogen-bond acceptors (Lipinski definition) is 0. The summed E-state index contributed by atoms with van der Waals surface area (Å²) in [5, 5.41) is 0.806. The number of hydrogen-bond donors (Lipinski definition) is 0. The van der Waals surface area contributed by atoms with Crippen molar-refractivity contribution in [3.8, 4) is 0 Å². The van der Waals surface area contributed by atoms with Crippen LogP contribution in [-0.4, -0.2) is 0 Å². The number of halogens is 2. The fraction of sp³-hybridized carbons (Fsp3) is 0. The van der Waals surface area contributed by atoms with Crippen molar-refractivity contribution in [2.45, 2.75) is 0 Å².